The molecule has 0 amide bonds. The first-order valence-electron chi connectivity index (χ1n) is 6.42. The fraction of sp³-hybridized carbons (Fsp3) is 0.250. The zero-order valence-corrected chi connectivity index (χ0v) is 11.4. The van der Waals surface area contributed by atoms with Crippen molar-refractivity contribution in [1.29, 1.82) is 0 Å². The Morgan fingerprint density at radius 1 is 1.05 bits per heavy atom. The SMILES string of the molecule is NC(CCCc1ccccc1)c1cccc(Cl)c1F. The molecule has 0 saturated carbocycles. The predicted octanol–water partition coefficient (Wildman–Crippen LogP) is 4.50. The summed E-state index contributed by atoms with van der Waals surface area (Å²) >= 11 is 5.76. The quantitative estimate of drug-likeness (QED) is 0.855. The van der Waals surface area contributed by atoms with Crippen LogP contribution in [0.1, 0.15) is 30.0 Å². The van der Waals surface area contributed by atoms with Gasteiger partial charge in [0.05, 0.1) is 5.02 Å². The van der Waals surface area contributed by atoms with E-state index in [1.165, 1.54) is 11.6 Å². The van der Waals surface area contributed by atoms with Gasteiger partial charge < -0.3 is 5.73 Å². The largest absolute Gasteiger partial charge is 0.324 e. The third-order valence-corrected chi connectivity index (χ3v) is 3.50. The number of hydrogen-bond acceptors (Lipinski definition) is 1. The number of aryl methyl sites for hydroxylation is 1. The lowest BCUT2D eigenvalue weighted by Gasteiger charge is -2.13. The van der Waals surface area contributed by atoms with Gasteiger partial charge in [0, 0.05) is 11.6 Å². The van der Waals surface area contributed by atoms with E-state index in [2.05, 4.69) is 12.1 Å². The summed E-state index contributed by atoms with van der Waals surface area (Å²) < 4.78 is 13.8. The summed E-state index contributed by atoms with van der Waals surface area (Å²) in [6.45, 7) is 0. The first kappa shape index (κ1) is 14.0. The minimum atomic E-state index is -0.392. The Labute approximate surface area is 118 Å². The van der Waals surface area contributed by atoms with Crippen LogP contribution in [0.3, 0.4) is 0 Å². The molecule has 3 heteroatoms. The zero-order valence-electron chi connectivity index (χ0n) is 10.7. The normalized spacial score (nSPS) is 12.4. The van der Waals surface area contributed by atoms with E-state index in [9.17, 15) is 4.39 Å². The third kappa shape index (κ3) is 3.79. The number of halogens is 2. The highest BCUT2D eigenvalue weighted by molar-refractivity contribution is 6.30. The van der Waals surface area contributed by atoms with Gasteiger partial charge in [-0.15, -0.1) is 0 Å². The van der Waals surface area contributed by atoms with E-state index in [1.54, 1.807) is 12.1 Å². The van der Waals surface area contributed by atoms with Crippen molar-refractivity contribution >= 4 is 11.6 Å². The van der Waals surface area contributed by atoms with Crippen LogP contribution in [0.4, 0.5) is 4.39 Å². The minimum absolute atomic E-state index is 0.135. The van der Waals surface area contributed by atoms with Gasteiger partial charge in [-0.25, -0.2) is 4.39 Å². The standard InChI is InChI=1S/C16H17ClFN/c17-14-10-5-9-13(16(14)18)15(19)11-4-8-12-6-2-1-3-7-12/h1-3,5-7,9-10,15H,4,8,11,19H2. The second-order valence-electron chi connectivity index (χ2n) is 4.63. The molecule has 2 rings (SSSR count). The molecule has 0 fully saturated rings. The molecule has 0 radical (unpaired) electrons. The third-order valence-electron chi connectivity index (χ3n) is 3.20. The number of hydrogen-bond donors (Lipinski definition) is 1. The van der Waals surface area contributed by atoms with Crippen LogP contribution < -0.4 is 5.73 Å². The average Bonchev–Trinajstić information content (AvgIpc) is 2.43. The van der Waals surface area contributed by atoms with Crippen molar-refractivity contribution in [3.8, 4) is 0 Å². The molecule has 1 unspecified atom stereocenters. The van der Waals surface area contributed by atoms with Gasteiger partial charge in [0.2, 0.25) is 0 Å². The van der Waals surface area contributed by atoms with Crippen molar-refractivity contribution in [1.82, 2.24) is 0 Å². The molecule has 0 spiro atoms. The molecular weight excluding hydrogens is 261 g/mol. The topological polar surface area (TPSA) is 26.0 Å². The summed E-state index contributed by atoms with van der Waals surface area (Å²) in [5, 5.41) is 0.135. The summed E-state index contributed by atoms with van der Waals surface area (Å²) in [6.07, 6.45) is 2.63. The van der Waals surface area contributed by atoms with E-state index in [-0.39, 0.29) is 11.1 Å². The first-order valence-corrected chi connectivity index (χ1v) is 6.79. The lowest BCUT2D eigenvalue weighted by molar-refractivity contribution is 0.551. The Kier molecular flexibility index (Phi) is 4.94. The molecule has 19 heavy (non-hydrogen) atoms. The molecule has 1 nitrogen and oxygen atoms in total. The van der Waals surface area contributed by atoms with Crippen LogP contribution in [0.5, 0.6) is 0 Å². The van der Waals surface area contributed by atoms with Gasteiger partial charge in [-0.3, -0.25) is 0 Å². The van der Waals surface area contributed by atoms with E-state index < -0.39 is 5.82 Å². The number of benzene rings is 2. The Morgan fingerprint density at radius 3 is 2.53 bits per heavy atom. The van der Waals surface area contributed by atoms with Crippen LogP contribution in [0, 0.1) is 5.82 Å². The molecule has 0 aromatic heterocycles. The molecule has 0 saturated heterocycles. The molecule has 0 heterocycles. The monoisotopic (exact) mass is 277 g/mol. The second-order valence-corrected chi connectivity index (χ2v) is 5.03. The molecule has 0 bridgehead atoms. The summed E-state index contributed by atoms with van der Waals surface area (Å²) in [4.78, 5) is 0. The highest BCUT2D eigenvalue weighted by atomic mass is 35.5. The van der Waals surface area contributed by atoms with Gasteiger partial charge in [0.1, 0.15) is 5.82 Å². The fourth-order valence-electron chi connectivity index (χ4n) is 2.13. The molecule has 0 aliphatic carbocycles. The van der Waals surface area contributed by atoms with Crippen molar-refractivity contribution in [2.45, 2.75) is 25.3 Å². The van der Waals surface area contributed by atoms with Gasteiger partial charge in [0.15, 0.2) is 0 Å². The van der Waals surface area contributed by atoms with Crippen molar-refractivity contribution in [3.05, 3.63) is 70.5 Å². The molecule has 0 aliphatic heterocycles. The molecule has 100 valence electrons. The minimum Gasteiger partial charge on any atom is -0.324 e. The highest BCUT2D eigenvalue weighted by Crippen LogP contribution is 2.25. The van der Waals surface area contributed by atoms with E-state index in [0.29, 0.717) is 5.56 Å². The molecule has 2 aromatic carbocycles. The Hall–Kier alpha value is -1.38. The Morgan fingerprint density at radius 2 is 1.79 bits per heavy atom. The van der Waals surface area contributed by atoms with Gasteiger partial charge in [-0.1, -0.05) is 54.1 Å². The Balaban J connectivity index is 1.91. The van der Waals surface area contributed by atoms with Gasteiger partial charge in [-0.05, 0) is 30.9 Å². The average molecular weight is 278 g/mol. The lowest BCUT2D eigenvalue weighted by Crippen LogP contribution is -2.12. The molecule has 0 aliphatic rings. The summed E-state index contributed by atoms with van der Waals surface area (Å²) in [6, 6.07) is 14.9. The first-order chi connectivity index (χ1) is 9.18. The molecule has 2 N–H and O–H groups in total. The molecular formula is C16H17ClFN. The van der Waals surface area contributed by atoms with E-state index in [4.69, 9.17) is 17.3 Å². The van der Waals surface area contributed by atoms with Crippen molar-refractivity contribution < 1.29 is 4.39 Å². The highest BCUT2D eigenvalue weighted by Gasteiger charge is 2.13. The van der Waals surface area contributed by atoms with E-state index >= 15 is 0 Å². The summed E-state index contributed by atoms with van der Waals surface area (Å²) in [5.74, 6) is -0.392. The van der Waals surface area contributed by atoms with Crippen LogP contribution in [0.2, 0.25) is 5.02 Å². The van der Waals surface area contributed by atoms with E-state index in [1.807, 2.05) is 18.2 Å². The molecule has 1 atom stereocenters. The maximum atomic E-state index is 13.8. The van der Waals surface area contributed by atoms with E-state index in [0.717, 1.165) is 19.3 Å². The smallest absolute Gasteiger partial charge is 0.146 e. The number of nitrogens with two attached hydrogens (primary N) is 1. The van der Waals surface area contributed by atoms with Crippen molar-refractivity contribution in [3.63, 3.8) is 0 Å². The van der Waals surface area contributed by atoms with Crippen molar-refractivity contribution in [2.24, 2.45) is 5.73 Å². The van der Waals surface area contributed by atoms with Gasteiger partial charge in [0.25, 0.3) is 0 Å². The number of rotatable bonds is 5. The van der Waals surface area contributed by atoms with Crippen LogP contribution in [0.25, 0.3) is 0 Å². The fourth-order valence-corrected chi connectivity index (χ4v) is 2.31. The van der Waals surface area contributed by atoms with Crippen LogP contribution >= 0.6 is 11.6 Å². The van der Waals surface area contributed by atoms with Crippen molar-refractivity contribution in [2.75, 3.05) is 0 Å². The Bertz CT molecular complexity index is 528. The van der Waals surface area contributed by atoms with Crippen LogP contribution in [-0.4, -0.2) is 0 Å². The van der Waals surface area contributed by atoms with Gasteiger partial charge in [-0.2, -0.15) is 0 Å². The zero-order chi connectivity index (χ0) is 13.7. The maximum absolute atomic E-state index is 13.8. The predicted molar refractivity (Wildman–Crippen MR) is 77.7 cm³/mol. The maximum Gasteiger partial charge on any atom is 0.146 e. The van der Waals surface area contributed by atoms with Gasteiger partial charge >= 0.3 is 0 Å². The summed E-state index contributed by atoms with van der Waals surface area (Å²) in [7, 11) is 0. The lowest BCUT2D eigenvalue weighted by atomic mass is 9.99. The summed E-state index contributed by atoms with van der Waals surface area (Å²) in [5.41, 5.74) is 7.81. The molecule has 2 aromatic rings. The van der Waals surface area contributed by atoms with Crippen LogP contribution in [-0.2, 0) is 6.42 Å². The van der Waals surface area contributed by atoms with Crippen LogP contribution in [0.15, 0.2) is 48.5 Å². The second kappa shape index (κ2) is 6.69.